The smallest absolute Gasteiger partial charge is 0.340 e. The summed E-state index contributed by atoms with van der Waals surface area (Å²) in [5.74, 6) is -1.06. The highest BCUT2D eigenvalue weighted by Gasteiger charge is 2.16. The lowest BCUT2D eigenvalue weighted by Gasteiger charge is -2.09. The molecule has 0 saturated carbocycles. The molecule has 1 aromatic heterocycles. The highest BCUT2D eigenvalue weighted by atomic mass is 127. The number of nitrogens with one attached hydrogen (secondary N) is 1. The van der Waals surface area contributed by atoms with Gasteiger partial charge in [0, 0.05) is 9.26 Å². The molecule has 2 aromatic carbocycles. The van der Waals surface area contributed by atoms with Gasteiger partial charge in [-0.05, 0) is 63.3 Å². The van der Waals surface area contributed by atoms with Crippen molar-refractivity contribution in [3.63, 3.8) is 0 Å². The number of carbonyl (C=O) groups excluding carboxylic acids is 2. The van der Waals surface area contributed by atoms with Crippen molar-refractivity contribution in [3.8, 4) is 5.69 Å². The topological polar surface area (TPSA) is 99.0 Å². The molecule has 0 fully saturated rings. The molecule has 9 heteroatoms. The van der Waals surface area contributed by atoms with Gasteiger partial charge in [0.2, 0.25) is 0 Å². The summed E-state index contributed by atoms with van der Waals surface area (Å²) >= 11 is 2.15. The van der Waals surface area contributed by atoms with Crippen molar-refractivity contribution >= 4 is 40.2 Å². The van der Waals surface area contributed by atoms with E-state index in [9.17, 15) is 9.59 Å². The average Bonchev–Trinajstić information content (AvgIpc) is 3.14. The lowest BCUT2D eigenvalue weighted by Crippen LogP contribution is -2.21. The van der Waals surface area contributed by atoms with Gasteiger partial charge in [0.25, 0.3) is 5.91 Å². The molecule has 3 aromatic rings. The van der Waals surface area contributed by atoms with E-state index < -0.39 is 18.5 Å². The summed E-state index contributed by atoms with van der Waals surface area (Å²) in [5.41, 5.74) is 1.37. The fraction of sp³-hybridized carbons (Fsp3) is 0.0625. The second-order valence-corrected chi connectivity index (χ2v) is 6.15. The number of carbonyl (C=O) groups is 2. The molecule has 0 radical (unpaired) electrons. The largest absolute Gasteiger partial charge is 0.452 e. The molecule has 8 nitrogen and oxygen atoms in total. The van der Waals surface area contributed by atoms with Crippen molar-refractivity contribution < 1.29 is 14.3 Å². The Hall–Kier alpha value is -2.82. The van der Waals surface area contributed by atoms with Gasteiger partial charge in [-0.1, -0.05) is 18.2 Å². The van der Waals surface area contributed by atoms with Crippen LogP contribution in [0.3, 0.4) is 0 Å². The monoisotopic (exact) mass is 449 g/mol. The summed E-state index contributed by atoms with van der Waals surface area (Å²) in [6.07, 6.45) is 1.37. The molecule has 0 saturated heterocycles. The third kappa shape index (κ3) is 4.38. The van der Waals surface area contributed by atoms with Crippen LogP contribution in [-0.2, 0) is 9.53 Å². The number of amides is 1. The van der Waals surface area contributed by atoms with Crippen LogP contribution in [0.25, 0.3) is 5.69 Å². The fourth-order valence-electron chi connectivity index (χ4n) is 2.09. The number of hydrogen-bond acceptors (Lipinski definition) is 6. The predicted octanol–water partition coefficient (Wildman–Crippen LogP) is 2.06. The minimum atomic E-state index is -0.635. The van der Waals surface area contributed by atoms with Crippen LogP contribution < -0.4 is 5.32 Å². The standard InChI is InChI=1S/C16H12IN5O3/c17-11-4-3-5-12(8-11)19-15(23)9-25-16(24)13-6-1-2-7-14(13)22-10-18-20-21-22/h1-8,10H,9H2,(H,19,23). The number of aromatic nitrogens is 4. The van der Waals surface area contributed by atoms with Gasteiger partial charge in [0.1, 0.15) is 6.33 Å². The number of tetrazole rings is 1. The van der Waals surface area contributed by atoms with Gasteiger partial charge >= 0.3 is 5.97 Å². The lowest BCUT2D eigenvalue weighted by atomic mass is 10.2. The van der Waals surface area contributed by atoms with E-state index in [1.165, 1.54) is 11.0 Å². The van der Waals surface area contributed by atoms with E-state index in [1.54, 1.807) is 30.3 Å². The summed E-state index contributed by atoms with van der Waals surface area (Å²) < 4.78 is 7.43. The number of nitrogens with zero attached hydrogens (tertiary/aromatic N) is 4. The van der Waals surface area contributed by atoms with E-state index in [2.05, 4.69) is 43.4 Å². The van der Waals surface area contributed by atoms with E-state index in [4.69, 9.17) is 4.74 Å². The molecule has 0 spiro atoms. The van der Waals surface area contributed by atoms with Crippen molar-refractivity contribution in [2.24, 2.45) is 0 Å². The zero-order valence-corrected chi connectivity index (χ0v) is 15.0. The van der Waals surface area contributed by atoms with Gasteiger partial charge in [0.15, 0.2) is 6.61 Å². The highest BCUT2D eigenvalue weighted by molar-refractivity contribution is 14.1. The molecule has 0 aliphatic carbocycles. The molecule has 3 rings (SSSR count). The van der Waals surface area contributed by atoms with Crippen LogP contribution in [0.15, 0.2) is 54.9 Å². The second-order valence-electron chi connectivity index (χ2n) is 4.91. The molecule has 126 valence electrons. The maximum atomic E-state index is 12.3. The molecule has 0 unspecified atom stereocenters. The SMILES string of the molecule is O=C(COC(=O)c1ccccc1-n1cnnn1)Nc1cccc(I)c1. The predicted molar refractivity (Wildman–Crippen MR) is 97.2 cm³/mol. The molecule has 0 aliphatic heterocycles. The fourth-order valence-corrected chi connectivity index (χ4v) is 2.63. The number of benzene rings is 2. The minimum Gasteiger partial charge on any atom is -0.452 e. The normalized spacial score (nSPS) is 10.3. The summed E-state index contributed by atoms with van der Waals surface area (Å²) in [7, 11) is 0. The van der Waals surface area contributed by atoms with Crippen molar-refractivity contribution in [3.05, 3.63) is 64.0 Å². The van der Waals surface area contributed by atoms with Gasteiger partial charge in [-0.15, -0.1) is 5.10 Å². The van der Waals surface area contributed by atoms with Crippen molar-refractivity contribution in [1.29, 1.82) is 0 Å². The first-order valence-corrected chi connectivity index (χ1v) is 8.26. The summed E-state index contributed by atoms with van der Waals surface area (Å²) in [6.45, 7) is -0.395. The zero-order chi connectivity index (χ0) is 17.6. The first-order chi connectivity index (χ1) is 12.1. The van der Waals surface area contributed by atoms with Gasteiger partial charge in [-0.2, -0.15) is 4.68 Å². The van der Waals surface area contributed by atoms with Crippen LogP contribution in [0.5, 0.6) is 0 Å². The highest BCUT2D eigenvalue weighted by Crippen LogP contribution is 2.15. The van der Waals surface area contributed by atoms with Crippen LogP contribution in [-0.4, -0.2) is 38.7 Å². The Labute approximate surface area is 156 Å². The van der Waals surface area contributed by atoms with Crippen molar-refractivity contribution in [2.75, 3.05) is 11.9 Å². The van der Waals surface area contributed by atoms with E-state index in [1.807, 2.05) is 18.2 Å². The van der Waals surface area contributed by atoms with Crippen LogP contribution in [0.1, 0.15) is 10.4 Å². The molecule has 1 heterocycles. The Morgan fingerprint density at radius 1 is 1.16 bits per heavy atom. The third-order valence-electron chi connectivity index (χ3n) is 3.16. The molecule has 0 bridgehead atoms. The molecule has 1 N–H and O–H groups in total. The van der Waals surface area contributed by atoms with Crippen LogP contribution >= 0.6 is 22.6 Å². The van der Waals surface area contributed by atoms with Gasteiger partial charge in [0.05, 0.1) is 11.3 Å². The molecule has 1 amide bonds. The Morgan fingerprint density at radius 2 is 2.00 bits per heavy atom. The molecule has 25 heavy (non-hydrogen) atoms. The Morgan fingerprint density at radius 3 is 2.76 bits per heavy atom. The number of rotatable bonds is 5. The molecular formula is C16H12IN5O3. The first-order valence-electron chi connectivity index (χ1n) is 7.18. The number of esters is 1. The molecular weight excluding hydrogens is 437 g/mol. The number of anilines is 1. The van der Waals surface area contributed by atoms with Crippen molar-refractivity contribution in [1.82, 2.24) is 20.2 Å². The maximum absolute atomic E-state index is 12.3. The number of ether oxygens (including phenoxy) is 1. The molecule has 0 atom stereocenters. The van der Waals surface area contributed by atoms with Crippen molar-refractivity contribution in [2.45, 2.75) is 0 Å². The quantitative estimate of drug-likeness (QED) is 0.473. The van der Waals surface area contributed by atoms with Crippen LogP contribution in [0.2, 0.25) is 0 Å². The van der Waals surface area contributed by atoms with Crippen LogP contribution in [0, 0.1) is 3.57 Å². The van der Waals surface area contributed by atoms with Gasteiger partial charge < -0.3 is 10.1 Å². The Kier molecular flexibility index (Phi) is 5.33. The Balaban J connectivity index is 1.64. The summed E-state index contributed by atoms with van der Waals surface area (Å²) in [4.78, 5) is 24.2. The molecule has 0 aliphatic rings. The van der Waals surface area contributed by atoms with E-state index in [0.29, 0.717) is 11.4 Å². The summed E-state index contributed by atoms with van der Waals surface area (Å²) in [5, 5.41) is 13.5. The van der Waals surface area contributed by atoms with Gasteiger partial charge in [-0.25, -0.2) is 4.79 Å². The van der Waals surface area contributed by atoms with E-state index in [-0.39, 0.29) is 5.56 Å². The minimum absolute atomic E-state index is 0.261. The van der Waals surface area contributed by atoms with E-state index in [0.717, 1.165) is 3.57 Å². The Bertz CT molecular complexity index is 898. The third-order valence-corrected chi connectivity index (χ3v) is 3.83. The number of halogens is 1. The number of para-hydroxylation sites is 1. The van der Waals surface area contributed by atoms with Gasteiger partial charge in [-0.3, -0.25) is 4.79 Å². The zero-order valence-electron chi connectivity index (χ0n) is 12.8. The van der Waals surface area contributed by atoms with Crippen LogP contribution in [0.4, 0.5) is 5.69 Å². The average molecular weight is 449 g/mol. The summed E-state index contributed by atoms with van der Waals surface area (Å²) in [6, 6.07) is 14.0. The first kappa shape index (κ1) is 17.0. The lowest BCUT2D eigenvalue weighted by molar-refractivity contribution is -0.119. The van der Waals surface area contributed by atoms with E-state index >= 15 is 0 Å². The number of hydrogen-bond donors (Lipinski definition) is 1. The maximum Gasteiger partial charge on any atom is 0.340 e. The second kappa shape index (κ2) is 7.83.